The molecule has 1 aromatic carbocycles. The van der Waals surface area contributed by atoms with E-state index in [1.54, 1.807) is 12.0 Å². The lowest BCUT2D eigenvalue weighted by Gasteiger charge is -2.20. The van der Waals surface area contributed by atoms with E-state index in [9.17, 15) is 4.79 Å². The molecule has 0 unspecified atom stereocenters. The zero-order chi connectivity index (χ0) is 15.7. The van der Waals surface area contributed by atoms with Crippen molar-refractivity contribution in [2.45, 2.75) is 27.3 Å². The summed E-state index contributed by atoms with van der Waals surface area (Å²) < 4.78 is 11.1. The summed E-state index contributed by atoms with van der Waals surface area (Å²) in [5.41, 5.74) is 0.989. The predicted octanol–water partition coefficient (Wildman–Crippen LogP) is 2.05. The Hall–Kier alpha value is -1.75. The summed E-state index contributed by atoms with van der Waals surface area (Å²) >= 11 is 0. The highest BCUT2D eigenvalue weighted by molar-refractivity contribution is 5.77. The van der Waals surface area contributed by atoms with Crippen LogP contribution in [0.25, 0.3) is 0 Å². The molecule has 0 aliphatic carbocycles. The maximum atomic E-state index is 12.0. The smallest absolute Gasteiger partial charge is 0.260 e. The van der Waals surface area contributed by atoms with E-state index in [-0.39, 0.29) is 12.5 Å². The van der Waals surface area contributed by atoms with Crippen LogP contribution in [0.3, 0.4) is 0 Å². The minimum absolute atomic E-state index is 0.0136. The molecule has 0 bridgehead atoms. The van der Waals surface area contributed by atoms with Gasteiger partial charge in [0.25, 0.3) is 5.91 Å². The largest absolute Gasteiger partial charge is 0.493 e. The fourth-order valence-electron chi connectivity index (χ4n) is 2.09. The van der Waals surface area contributed by atoms with Gasteiger partial charge in [0, 0.05) is 25.2 Å². The Morgan fingerprint density at radius 3 is 2.52 bits per heavy atom. The summed E-state index contributed by atoms with van der Waals surface area (Å²) in [5.74, 6) is 1.28. The highest BCUT2D eigenvalue weighted by atomic mass is 16.5. The molecular weight excluding hydrogens is 268 g/mol. The summed E-state index contributed by atoms with van der Waals surface area (Å²) in [5, 5.41) is 3.26. The molecule has 1 N–H and O–H groups in total. The van der Waals surface area contributed by atoms with E-state index in [0.717, 1.165) is 12.1 Å². The van der Waals surface area contributed by atoms with Gasteiger partial charge < -0.3 is 19.7 Å². The fourth-order valence-corrected chi connectivity index (χ4v) is 2.09. The topological polar surface area (TPSA) is 50.8 Å². The Labute approximate surface area is 127 Å². The van der Waals surface area contributed by atoms with Crippen LogP contribution in [0, 0.1) is 0 Å². The maximum absolute atomic E-state index is 12.0. The molecule has 1 amide bonds. The first-order valence-electron chi connectivity index (χ1n) is 7.44. The highest BCUT2D eigenvalue weighted by Crippen LogP contribution is 2.31. The number of hydrogen-bond donors (Lipinski definition) is 1. The summed E-state index contributed by atoms with van der Waals surface area (Å²) in [6.07, 6.45) is 0. The third kappa shape index (κ3) is 4.93. The van der Waals surface area contributed by atoms with E-state index >= 15 is 0 Å². The van der Waals surface area contributed by atoms with Crippen LogP contribution in [0.1, 0.15) is 26.3 Å². The monoisotopic (exact) mass is 294 g/mol. The van der Waals surface area contributed by atoms with Crippen LogP contribution in [0.15, 0.2) is 18.2 Å². The van der Waals surface area contributed by atoms with Crippen molar-refractivity contribution in [1.29, 1.82) is 0 Å². The number of rotatable bonds is 9. The molecule has 21 heavy (non-hydrogen) atoms. The van der Waals surface area contributed by atoms with Crippen molar-refractivity contribution >= 4 is 5.91 Å². The molecule has 0 heterocycles. The number of benzene rings is 1. The van der Waals surface area contributed by atoms with Crippen LogP contribution in [0.4, 0.5) is 0 Å². The average molecular weight is 294 g/mol. The van der Waals surface area contributed by atoms with Crippen LogP contribution in [-0.4, -0.2) is 44.2 Å². The number of ether oxygens (including phenoxy) is 2. The number of amides is 1. The first kappa shape index (κ1) is 17.3. The fraction of sp³-hybridized carbons (Fsp3) is 0.562. The van der Waals surface area contributed by atoms with Crippen LogP contribution in [-0.2, 0) is 11.3 Å². The summed E-state index contributed by atoms with van der Waals surface area (Å²) in [6.45, 7) is 8.93. The zero-order valence-corrected chi connectivity index (χ0v) is 13.4. The van der Waals surface area contributed by atoms with Crippen LogP contribution in [0.2, 0.25) is 0 Å². The van der Waals surface area contributed by atoms with Gasteiger partial charge in [-0.15, -0.1) is 0 Å². The molecular formula is C16H26N2O3. The second kappa shape index (κ2) is 9.23. The van der Waals surface area contributed by atoms with Crippen molar-refractivity contribution in [2.24, 2.45) is 0 Å². The minimum atomic E-state index is -0.0136. The molecule has 1 aromatic rings. The first-order valence-corrected chi connectivity index (χ1v) is 7.44. The van der Waals surface area contributed by atoms with Crippen molar-refractivity contribution in [3.63, 3.8) is 0 Å². The van der Waals surface area contributed by atoms with Gasteiger partial charge in [-0.3, -0.25) is 4.79 Å². The molecule has 0 aliphatic rings. The predicted molar refractivity (Wildman–Crippen MR) is 83.8 cm³/mol. The first-order chi connectivity index (χ1) is 10.2. The lowest BCUT2D eigenvalue weighted by molar-refractivity contribution is -0.133. The molecule has 118 valence electrons. The Bertz CT molecular complexity index is 445. The number of methoxy groups -OCH3 is 1. The molecule has 0 spiro atoms. The number of nitrogens with zero attached hydrogens (tertiary/aromatic N) is 1. The third-order valence-corrected chi connectivity index (χ3v) is 3.30. The summed E-state index contributed by atoms with van der Waals surface area (Å²) in [4.78, 5) is 13.8. The van der Waals surface area contributed by atoms with E-state index in [1.807, 2.05) is 39.0 Å². The number of nitrogens with one attached hydrogen (secondary N) is 1. The minimum Gasteiger partial charge on any atom is -0.493 e. The molecule has 0 saturated heterocycles. The van der Waals surface area contributed by atoms with Crippen LogP contribution >= 0.6 is 0 Å². The highest BCUT2D eigenvalue weighted by Gasteiger charge is 2.15. The molecule has 0 aromatic heterocycles. The Morgan fingerprint density at radius 2 is 1.95 bits per heavy atom. The number of likely N-dealkylation sites (N-methyl/N-ethyl adjacent to an activating group) is 1. The zero-order valence-electron chi connectivity index (χ0n) is 13.4. The second-order valence-corrected chi connectivity index (χ2v) is 4.58. The van der Waals surface area contributed by atoms with E-state index < -0.39 is 0 Å². The standard InChI is InChI=1S/C16H26N2O3/c1-5-17-11-13-9-8-10-14(20-4)16(13)21-12-15(19)18(6-2)7-3/h8-10,17H,5-7,11-12H2,1-4H3. The summed E-state index contributed by atoms with van der Waals surface area (Å²) in [6, 6.07) is 5.74. The third-order valence-electron chi connectivity index (χ3n) is 3.30. The Kier molecular flexibility index (Phi) is 7.61. The maximum Gasteiger partial charge on any atom is 0.260 e. The Morgan fingerprint density at radius 1 is 1.24 bits per heavy atom. The summed E-state index contributed by atoms with van der Waals surface area (Å²) in [7, 11) is 1.60. The van der Waals surface area contributed by atoms with Gasteiger partial charge in [-0.2, -0.15) is 0 Å². The molecule has 0 saturated carbocycles. The SMILES string of the molecule is CCNCc1cccc(OC)c1OCC(=O)N(CC)CC. The van der Waals surface area contributed by atoms with Gasteiger partial charge in [-0.1, -0.05) is 19.1 Å². The second-order valence-electron chi connectivity index (χ2n) is 4.58. The number of hydrogen-bond acceptors (Lipinski definition) is 4. The van der Waals surface area contributed by atoms with E-state index in [1.165, 1.54) is 0 Å². The van der Waals surface area contributed by atoms with E-state index in [4.69, 9.17) is 9.47 Å². The van der Waals surface area contributed by atoms with Crippen LogP contribution in [0.5, 0.6) is 11.5 Å². The van der Waals surface area contributed by atoms with Crippen molar-refractivity contribution in [1.82, 2.24) is 10.2 Å². The number of para-hydroxylation sites is 1. The van der Waals surface area contributed by atoms with E-state index in [0.29, 0.717) is 31.1 Å². The van der Waals surface area contributed by atoms with Gasteiger partial charge in [0.1, 0.15) is 0 Å². The molecule has 0 aliphatic heterocycles. The molecule has 1 rings (SSSR count). The van der Waals surface area contributed by atoms with Gasteiger partial charge in [-0.05, 0) is 26.5 Å². The van der Waals surface area contributed by atoms with Gasteiger partial charge >= 0.3 is 0 Å². The van der Waals surface area contributed by atoms with Gasteiger partial charge in [0.15, 0.2) is 18.1 Å². The van der Waals surface area contributed by atoms with Crippen molar-refractivity contribution in [3.05, 3.63) is 23.8 Å². The lowest BCUT2D eigenvalue weighted by Crippen LogP contribution is -2.34. The van der Waals surface area contributed by atoms with Crippen LogP contribution < -0.4 is 14.8 Å². The quantitative estimate of drug-likeness (QED) is 0.757. The average Bonchev–Trinajstić information content (AvgIpc) is 2.52. The van der Waals surface area contributed by atoms with Gasteiger partial charge in [0.05, 0.1) is 7.11 Å². The normalized spacial score (nSPS) is 10.3. The Balaban J connectivity index is 2.82. The number of carbonyl (C=O) groups excluding carboxylic acids is 1. The molecule has 0 atom stereocenters. The van der Waals surface area contributed by atoms with Gasteiger partial charge in [-0.25, -0.2) is 0 Å². The van der Waals surface area contributed by atoms with E-state index in [2.05, 4.69) is 5.32 Å². The molecule has 5 nitrogen and oxygen atoms in total. The van der Waals surface area contributed by atoms with Crippen molar-refractivity contribution in [3.8, 4) is 11.5 Å². The van der Waals surface area contributed by atoms with Gasteiger partial charge in [0.2, 0.25) is 0 Å². The van der Waals surface area contributed by atoms with Crippen molar-refractivity contribution < 1.29 is 14.3 Å². The van der Waals surface area contributed by atoms with Crippen molar-refractivity contribution in [2.75, 3.05) is 33.4 Å². The molecule has 5 heteroatoms. The number of carbonyl (C=O) groups is 1. The molecule has 0 fully saturated rings. The lowest BCUT2D eigenvalue weighted by atomic mass is 10.2. The molecule has 0 radical (unpaired) electrons.